The maximum atomic E-state index is 12.6. The Balaban J connectivity index is 2.33. The quantitative estimate of drug-likeness (QED) is 0.852. The number of aliphatic carboxylic acids is 1. The van der Waals surface area contributed by atoms with Crippen molar-refractivity contribution in [3.8, 4) is 0 Å². The maximum absolute atomic E-state index is 12.6. The molecule has 2 rings (SSSR count). The number of carboxylic acid groups (broad SMARTS) is 1. The lowest BCUT2D eigenvalue weighted by Gasteiger charge is -2.21. The summed E-state index contributed by atoms with van der Waals surface area (Å²) in [4.78, 5) is 25.1. The zero-order valence-electron chi connectivity index (χ0n) is 12.5. The Labute approximate surface area is 123 Å². The van der Waals surface area contributed by atoms with E-state index in [0.29, 0.717) is 12.2 Å². The molecule has 2 heterocycles. The summed E-state index contributed by atoms with van der Waals surface area (Å²) >= 11 is 0. The molecule has 0 aromatic carbocycles. The molecule has 0 saturated carbocycles. The summed E-state index contributed by atoms with van der Waals surface area (Å²) in [5.74, 6) is -1.30. The van der Waals surface area contributed by atoms with Crippen molar-refractivity contribution in [3.05, 3.63) is 17.5 Å². The number of aliphatic hydroxyl groups is 1. The largest absolute Gasteiger partial charge is 0.480 e. The standard InChI is InChI=1S/C14H21N3O4/c1-4-17-11(6-10(15-17)8(2)3)13(19)16-7-9(18)5-12(16)14(20)21/h6,8-9,12,18H,4-5,7H2,1-3H3,(H,20,21)/t9?,12-/m0/s1. The number of β-amino-alcohol motifs (C(OH)–C–C–N with tert-alkyl or cyclic N) is 1. The van der Waals surface area contributed by atoms with Crippen LogP contribution in [0.15, 0.2) is 6.07 Å². The molecular formula is C14H21N3O4. The van der Waals surface area contributed by atoms with Crippen LogP contribution < -0.4 is 0 Å². The topological polar surface area (TPSA) is 95.7 Å². The number of carboxylic acids is 1. The Morgan fingerprint density at radius 2 is 2.14 bits per heavy atom. The predicted octanol–water partition coefficient (Wildman–Crippen LogP) is 0.686. The smallest absolute Gasteiger partial charge is 0.326 e. The fourth-order valence-electron chi connectivity index (χ4n) is 2.55. The van der Waals surface area contributed by atoms with Crippen LogP contribution in [-0.2, 0) is 11.3 Å². The number of aryl methyl sites for hydroxylation is 1. The molecule has 21 heavy (non-hydrogen) atoms. The van der Waals surface area contributed by atoms with E-state index in [1.807, 2.05) is 20.8 Å². The van der Waals surface area contributed by atoms with Gasteiger partial charge in [-0.2, -0.15) is 5.10 Å². The molecule has 2 N–H and O–H groups in total. The van der Waals surface area contributed by atoms with Crippen LogP contribution in [0.4, 0.5) is 0 Å². The first-order valence-electron chi connectivity index (χ1n) is 7.14. The molecule has 0 spiro atoms. The van der Waals surface area contributed by atoms with E-state index in [1.165, 1.54) is 4.90 Å². The molecule has 1 aliphatic rings. The van der Waals surface area contributed by atoms with Gasteiger partial charge in [-0.05, 0) is 18.9 Å². The van der Waals surface area contributed by atoms with Crippen LogP contribution in [0.5, 0.6) is 0 Å². The fraction of sp³-hybridized carbons (Fsp3) is 0.643. The van der Waals surface area contributed by atoms with Gasteiger partial charge >= 0.3 is 5.97 Å². The van der Waals surface area contributed by atoms with Gasteiger partial charge in [0.2, 0.25) is 0 Å². The van der Waals surface area contributed by atoms with Crippen molar-refractivity contribution in [1.82, 2.24) is 14.7 Å². The van der Waals surface area contributed by atoms with E-state index in [9.17, 15) is 19.8 Å². The number of carbonyl (C=O) groups is 2. The van der Waals surface area contributed by atoms with Gasteiger partial charge in [0.25, 0.3) is 5.91 Å². The molecule has 0 bridgehead atoms. The van der Waals surface area contributed by atoms with E-state index >= 15 is 0 Å². The van der Waals surface area contributed by atoms with Gasteiger partial charge < -0.3 is 15.1 Å². The summed E-state index contributed by atoms with van der Waals surface area (Å²) in [5.41, 5.74) is 1.17. The summed E-state index contributed by atoms with van der Waals surface area (Å²) < 4.78 is 1.58. The molecular weight excluding hydrogens is 274 g/mol. The predicted molar refractivity (Wildman–Crippen MR) is 75.1 cm³/mol. The van der Waals surface area contributed by atoms with E-state index < -0.39 is 18.1 Å². The van der Waals surface area contributed by atoms with E-state index in [-0.39, 0.29) is 24.8 Å². The first-order valence-corrected chi connectivity index (χ1v) is 7.14. The van der Waals surface area contributed by atoms with Crippen LogP contribution in [0, 0.1) is 0 Å². The molecule has 7 heteroatoms. The highest BCUT2D eigenvalue weighted by molar-refractivity contribution is 5.95. The third-order valence-electron chi connectivity index (χ3n) is 3.73. The van der Waals surface area contributed by atoms with Crippen molar-refractivity contribution in [2.75, 3.05) is 6.54 Å². The van der Waals surface area contributed by atoms with E-state index in [2.05, 4.69) is 5.10 Å². The summed E-state index contributed by atoms with van der Waals surface area (Å²) in [6.45, 7) is 6.41. The zero-order chi connectivity index (χ0) is 15.7. The van der Waals surface area contributed by atoms with E-state index in [4.69, 9.17) is 0 Å². The molecule has 1 saturated heterocycles. The van der Waals surface area contributed by atoms with E-state index in [0.717, 1.165) is 5.69 Å². The number of likely N-dealkylation sites (tertiary alicyclic amines) is 1. The van der Waals surface area contributed by atoms with E-state index in [1.54, 1.807) is 10.7 Å². The van der Waals surface area contributed by atoms with Crippen LogP contribution >= 0.6 is 0 Å². The minimum Gasteiger partial charge on any atom is -0.480 e. The highest BCUT2D eigenvalue weighted by Crippen LogP contribution is 2.23. The fourth-order valence-corrected chi connectivity index (χ4v) is 2.55. The molecule has 1 amide bonds. The summed E-state index contributed by atoms with van der Waals surface area (Å²) in [6.07, 6.45) is -0.726. The number of hydrogen-bond acceptors (Lipinski definition) is 4. The van der Waals surface area contributed by atoms with Crippen LogP contribution in [0.3, 0.4) is 0 Å². The van der Waals surface area contributed by atoms with Crippen molar-refractivity contribution in [1.29, 1.82) is 0 Å². The normalized spacial score (nSPS) is 22.0. The number of rotatable bonds is 4. The highest BCUT2D eigenvalue weighted by atomic mass is 16.4. The number of carbonyl (C=O) groups excluding carboxylic acids is 1. The summed E-state index contributed by atoms with van der Waals surface area (Å²) in [5, 5.41) is 23.2. The van der Waals surface area contributed by atoms with Gasteiger partial charge in [-0.1, -0.05) is 13.8 Å². The molecule has 1 unspecified atom stereocenters. The molecule has 2 atom stereocenters. The first-order chi connectivity index (χ1) is 9.85. The maximum Gasteiger partial charge on any atom is 0.326 e. The molecule has 1 fully saturated rings. The SMILES string of the molecule is CCn1nc(C(C)C)cc1C(=O)N1CC(O)C[C@H]1C(=O)O. The molecule has 1 aromatic heterocycles. The van der Waals surface area contributed by atoms with Crippen molar-refractivity contribution in [2.24, 2.45) is 0 Å². The third kappa shape index (κ3) is 2.92. The molecule has 7 nitrogen and oxygen atoms in total. The van der Waals surface area contributed by atoms with Crippen molar-refractivity contribution in [2.45, 2.75) is 51.8 Å². The van der Waals surface area contributed by atoms with Gasteiger partial charge in [-0.15, -0.1) is 0 Å². The van der Waals surface area contributed by atoms with Crippen LogP contribution in [-0.4, -0.2) is 55.5 Å². The number of nitrogens with zero attached hydrogens (tertiary/aromatic N) is 3. The highest BCUT2D eigenvalue weighted by Gasteiger charge is 2.40. The third-order valence-corrected chi connectivity index (χ3v) is 3.73. The lowest BCUT2D eigenvalue weighted by atomic mass is 10.1. The lowest BCUT2D eigenvalue weighted by Crippen LogP contribution is -2.41. The van der Waals surface area contributed by atoms with Crippen LogP contribution in [0.2, 0.25) is 0 Å². The number of aromatic nitrogens is 2. The zero-order valence-corrected chi connectivity index (χ0v) is 12.5. The van der Waals surface area contributed by atoms with Crippen molar-refractivity contribution < 1.29 is 19.8 Å². The first kappa shape index (κ1) is 15.5. The Morgan fingerprint density at radius 3 is 2.67 bits per heavy atom. The lowest BCUT2D eigenvalue weighted by molar-refractivity contribution is -0.141. The Hall–Kier alpha value is -1.89. The summed E-state index contributed by atoms with van der Waals surface area (Å²) in [6, 6.07) is 0.732. The molecule has 0 aliphatic carbocycles. The Morgan fingerprint density at radius 1 is 1.48 bits per heavy atom. The molecule has 0 radical (unpaired) electrons. The van der Waals surface area contributed by atoms with Gasteiger partial charge in [0.1, 0.15) is 11.7 Å². The van der Waals surface area contributed by atoms with Gasteiger partial charge in [0, 0.05) is 19.5 Å². The second-order valence-corrected chi connectivity index (χ2v) is 5.63. The van der Waals surface area contributed by atoms with Gasteiger partial charge in [-0.3, -0.25) is 9.48 Å². The summed E-state index contributed by atoms with van der Waals surface area (Å²) in [7, 11) is 0. The van der Waals surface area contributed by atoms with Gasteiger partial charge in [0.15, 0.2) is 0 Å². The minimum absolute atomic E-state index is 0.0434. The number of hydrogen-bond donors (Lipinski definition) is 2. The van der Waals surface area contributed by atoms with Crippen LogP contribution in [0.1, 0.15) is 49.3 Å². The van der Waals surface area contributed by atoms with Crippen molar-refractivity contribution >= 4 is 11.9 Å². The minimum atomic E-state index is -1.09. The molecule has 1 aliphatic heterocycles. The monoisotopic (exact) mass is 295 g/mol. The van der Waals surface area contributed by atoms with Crippen molar-refractivity contribution in [3.63, 3.8) is 0 Å². The second-order valence-electron chi connectivity index (χ2n) is 5.63. The molecule has 1 aromatic rings. The Kier molecular flexibility index (Phi) is 4.32. The number of amides is 1. The Bertz CT molecular complexity index is 552. The molecule has 116 valence electrons. The van der Waals surface area contributed by atoms with Crippen LogP contribution in [0.25, 0.3) is 0 Å². The van der Waals surface area contributed by atoms with Gasteiger partial charge in [-0.25, -0.2) is 4.79 Å². The van der Waals surface area contributed by atoms with Gasteiger partial charge in [0.05, 0.1) is 11.8 Å². The average molecular weight is 295 g/mol. The second kappa shape index (κ2) is 5.85. The average Bonchev–Trinajstić information content (AvgIpc) is 3.01. The number of aliphatic hydroxyl groups excluding tert-OH is 1.